The molecule has 1 aromatic heterocycles. The van der Waals surface area contributed by atoms with Crippen molar-refractivity contribution in [2.24, 2.45) is 23.7 Å². The number of aromatic nitrogens is 2. The smallest absolute Gasteiger partial charge is 0.253 e. The van der Waals surface area contributed by atoms with E-state index in [1.807, 2.05) is 36.4 Å². The van der Waals surface area contributed by atoms with E-state index in [9.17, 15) is 9.59 Å². The number of Topliss-reactive ketones (excluding diaryl/α,β-unsaturated/α-hetero) is 1. The van der Waals surface area contributed by atoms with Crippen LogP contribution >= 0.6 is 0 Å². The van der Waals surface area contributed by atoms with E-state index in [-0.39, 0.29) is 19.2 Å². The minimum absolute atomic E-state index is 0. The molecule has 2 fully saturated rings. The Labute approximate surface area is 276 Å². The number of carbonyl (C=O) groups is 2. The van der Waals surface area contributed by atoms with Gasteiger partial charge in [-0.05, 0) is 105 Å². The first-order chi connectivity index (χ1) is 22.2. The van der Waals surface area contributed by atoms with Gasteiger partial charge in [-0.15, -0.1) is 0 Å². The van der Waals surface area contributed by atoms with Crippen LogP contribution in [0.1, 0.15) is 94.9 Å². The molecule has 46 heavy (non-hydrogen) atoms. The number of rotatable bonds is 13. The fourth-order valence-electron chi connectivity index (χ4n) is 6.99. The van der Waals surface area contributed by atoms with Gasteiger partial charge >= 0.3 is 0 Å². The fraction of sp³-hybridized carbons (Fsp3) is 0.513. The summed E-state index contributed by atoms with van der Waals surface area (Å²) in [4.78, 5) is 35.6. The molecule has 2 atom stereocenters. The van der Waals surface area contributed by atoms with Crippen molar-refractivity contribution >= 4 is 34.4 Å². The van der Waals surface area contributed by atoms with Crippen LogP contribution in [0.25, 0.3) is 11.0 Å². The van der Waals surface area contributed by atoms with Gasteiger partial charge in [0, 0.05) is 57.0 Å². The highest BCUT2D eigenvalue weighted by atomic mass is 16.2. The summed E-state index contributed by atoms with van der Waals surface area (Å²) in [6.45, 7) is 15.1. The Hall–Kier alpha value is -3.71. The number of anilines is 2. The van der Waals surface area contributed by atoms with Crippen molar-refractivity contribution in [3.8, 4) is 0 Å². The van der Waals surface area contributed by atoms with E-state index in [0.717, 1.165) is 98.5 Å². The van der Waals surface area contributed by atoms with Crippen LogP contribution in [0, 0.1) is 23.7 Å². The highest BCUT2D eigenvalue weighted by Crippen LogP contribution is 2.47. The Balaban J connectivity index is 0.00000433. The maximum atomic E-state index is 14.0. The molecule has 1 N–H and O–H groups in total. The lowest BCUT2D eigenvalue weighted by atomic mass is 10.0. The molecule has 2 heterocycles. The maximum Gasteiger partial charge on any atom is 0.253 e. The third-order valence-corrected chi connectivity index (χ3v) is 10.0. The molecule has 246 valence electrons. The van der Waals surface area contributed by atoms with Crippen LogP contribution in [-0.4, -0.2) is 63.8 Å². The highest BCUT2D eigenvalue weighted by Gasteiger charge is 2.39. The van der Waals surface area contributed by atoms with Crippen LogP contribution in [0.4, 0.5) is 11.6 Å². The first-order valence-corrected chi connectivity index (χ1v) is 17.4. The summed E-state index contributed by atoms with van der Waals surface area (Å²) in [6, 6.07) is 13.9. The number of hydrogen-bond donors (Lipinski definition) is 1. The van der Waals surface area contributed by atoms with Gasteiger partial charge in [0.15, 0.2) is 5.78 Å². The van der Waals surface area contributed by atoms with E-state index < -0.39 is 0 Å². The number of likely N-dealkylation sites (tertiary alicyclic amines) is 1. The van der Waals surface area contributed by atoms with Crippen LogP contribution in [0.3, 0.4) is 0 Å². The van der Waals surface area contributed by atoms with Crippen LogP contribution in [0.15, 0.2) is 66.3 Å². The minimum Gasteiger partial charge on any atom is -0.339 e. The number of ketones is 1. The van der Waals surface area contributed by atoms with E-state index in [1.165, 1.54) is 6.42 Å². The number of allylic oxidation sites excluding steroid dienone is 3. The highest BCUT2D eigenvalue weighted by molar-refractivity contribution is 5.98. The number of nitrogens with zero attached hydrogens (tertiary/aromatic N) is 4. The number of carbonyl (C=O) groups excluding carboxylic acids is 2. The van der Waals surface area contributed by atoms with Crippen molar-refractivity contribution < 1.29 is 11.0 Å². The molecule has 0 bridgehead atoms. The lowest BCUT2D eigenvalue weighted by molar-refractivity contribution is 0.0740. The van der Waals surface area contributed by atoms with Crippen molar-refractivity contribution in [1.82, 2.24) is 19.4 Å². The summed E-state index contributed by atoms with van der Waals surface area (Å²) in [5.74, 6) is 3.56. The molecular weight excluding hydrogens is 570 g/mol. The van der Waals surface area contributed by atoms with Gasteiger partial charge in [0.05, 0.1) is 11.0 Å². The summed E-state index contributed by atoms with van der Waals surface area (Å²) in [6.07, 6.45) is 12.3. The zero-order valence-electron chi connectivity index (χ0n) is 28.3. The fourth-order valence-corrected chi connectivity index (χ4v) is 6.99. The number of piperidine rings is 1. The molecule has 0 spiro atoms. The zero-order valence-corrected chi connectivity index (χ0v) is 28.3. The first kappa shape index (κ1) is 32.2. The van der Waals surface area contributed by atoms with Crippen molar-refractivity contribution in [2.45, 2.75) is 72.8 Å². The summed E-state index contributed by atoms with van der Waals surface area (Å²) in [7, 11) is 0. The molecule has 1 aliphatic heterocycles. The van der Waals surface area contributed by atoms with Crippen molar-refractivity contribution in [2.75, 3.05) is 38.0 Å². The number of hydrogen-bond acceptors (Lipinski definition) is 5. The topological polar surface area (TPSA) is 70.5 Å². The van der Waals surface area contributed by atoms with Crippen molar-refractivity contribution in [1.29, 1.82) is 0 Å². The number of nitrogens with one attached hydrogen (secondary N) is 1. The van der Waals surface area contributed by atoms with E-state index in [4.69, 9.17) is 4.98 Å². The van der Waals surface area contributed by atoms with E-state index in [2.05, 4.69) is 71.7 Å². The van der Waals surface area contributed by atoms with Crippen molar-refractivity contribution in [3.05, 3.63) is 77.4 Å². The molecule has 7 heteroatoms. The van der Waals surface area contributed by atoms with E-state index >= 15 is 0 Å². The Kier molecular flexibility index (Phi) is 9.78. The Morgan fingerprint density at radius 2 is 1.65 bits per heavy atom. The number of fused-ring (bicyclic) bond motifs is 2. The third-order valence-electron chi connectivity index (χ3n) is 10.0. The summed E-state index contributed by atoms with van der Waals surface area (Å²) < 4.78 is 2.34. The first-order valence-electron chi connectivity index (χ1n) is 17.4. The normalized spacial score (nSPS) is 19.8. The lowest BCUT2D eigenvalue weighted by Crippen LogP contribution is -2.36. The van der Waals surface area contributed by atoms with Crippen LogP contribution in [0.2, 0.25) is 0 Å². The Morgan fingerprint density at radius 1 is 0.978 bits per heavy atom. The van der Waals surface area contributed by atoms with Gasteiger partial charge < -0.3 is 14.8 Å². The summed E-state index contributed by atoms with van der Waals surface area (Å²) >= 11 is 0. The average Bonchev–Trinajstić information content (AvgIpc) is 3.76. The van der Waals surface area contributed by atoms with E-state index in [0.29, 0.717) is 17.4 Å². The molecule has 1 saturated heterocycles. The molecule has 1 amide bonds. The number of benzene rings is 2. The lowest BCUT2D eigenvalue weighted by Gasteiger charge is -2.34. The summed E-state index contributed by atoms with van der Waals surface area (Å²) in [5, 5.41) is 3.57. The van der Waals surface area contributed by atoms with Crippen LogP contribution < -0.4 is 5.32 Å². The molecule has 2 aliphatic carbocycles. The van der Waals surface area contributed by atoms with Gasteiger partial charge in [-0.25, -0.2) is 4.98 Å². The Bertz CT molecular complexity index is 1600. The molecule has 7 nitrogen and oxygen atoms in total. The predicted octanol–water partition coefficient (Wildman–Crippen LogP) is 8.53. The average molecular weight is 624 g/mol. The summed E-state index contributed by atoms with van der Waals surface area (Å²) in [5.41, 5.74) is 5.79. The standard InChI is InChI=1S/C39H51N5O2.H2/c1-26(2)15-21-43(22-16-27(3)4)38(46)31-11-14-36-37(24-31)44(39(41-36)40-33-12-9-29(10-13-33)28(5)45)34-17-19-42(20-18-34)25-32-8-6-7-30-23-35(30)32;/h6-14,24,26-27,30,34-35H,15-23,25H2,1-5H3,(H,40,41);1H. The van der Waals surface area contributed by atoms with Crippen molar-refractivity contribution in [3.63, 3.8) is 0 Å². The van der Waals surface area contributed by atoms with Gasteiger partial charge in [-0.2, -0.15) is 0 Å². The number of imidazole rings is 1. The van der Waals surface area contributed by atoms with Crippen LogP contribution in [-0.2, 0) is 0 Å². The molecule has 3 aromatic rings. The van der Waals surface area contributed by atoms with Gasteiger partial charge in [-0.3, -0.25) is 14.5 Å². The Morgan fingerprint density at radius 3 is 2.30 bits per heavy atom. The predicted molar refractivity (Wildman–Crippen MR) is 190 cm³/mol. The largest absolute Gasteiger partial charge is 0.339 e. The molecule has 1 saturated carbocycles. The second-order valence-corrected chi connectivity index (χ2v) is 14.6. The van der Waals surface area contributed by atoms with Gasteiger partial charge in [0.2, 0.25) is 5.95 Å². The third kappa shape index (κ3) is 7.46. The van der Waals surface area contributed by atoms with Gasteiger partial charge in [-0.1, -0.05) is 51.5 Å². The van der Waals surface area contributed by atoms with E-state index in [1.54, 1.807) is 12.5 Å². The monoisotopic (exact) mass is 623 g/mol. The molecule has 0 radical (unpaired) electrons. The molecule has 3 aliphatic rings. The maximum absolute atomic E-state index is 14.0. The second kappa shape index (κ2) is 14.0. The number of amides is 1. The molecule has 6 rings (SSSR count). The minimum atomic E-state index is 0. The SMILES string of the molecule is CC(=O)c1ccc(Nc2nc3ccc(C(=O)N(CCC(C)C)CCC(C)C)cc3n2C2CCN(CC3=CC=CC4CC34)CC2)cc1.[HH]. The molecule has 2 aromatic carbocycles. The second-order valence-electron chi connectivity index (χ2n) is 14.6. The molecular formula is C39H53N5O2. The van der Waals surface area contributed by atoms with Gasteiger partial charge in [0.25, 0.3) is 5.91 Å². The molecule has 2 unspecified atom stereocenters. The van der Waals surface area contributed by atoms with Crippen LogP contribution in [0.5, 0.6) is 0 Å². The zero-order chi connectivity index (χ0) is 32.4. The quantitative estimate of drug-likeness (QED) is 0.193. The van der Waals surface area contributed by atoms with Gasteiger partial charge in [0.1, 0.15) is 0 Å².